The van der Waals surface area contributed by atoms with Crippen LogP contribution in [0.3, 0.4) is 0 Å². The van der Waals surface area contributed by atoms with Gasteiger partial charge in [-0.25, -0.2) is 8.42 Å². The summed E-state index contributed by atoms with van der Waals surface area (Å²) in [6, 6.07) is 3.64. The second kappa shape index (κ2) is 6.29. The lowest BCUT2D eigenvalue weighted by Crippen LogP contribution is -2.35. The van der Waals surface area contributed by atoms with Crippen molar-refractivity contribution >= 4 is 10.0 Å². The molecule has 7 heteroatoms. The monoisotopic (exact) mass is 312 g/mol. The molecular weight excluding hydrogens is 292 g/mol. The fourth-order valence-electron chi connectivity index (χ4n) is 2.77. The van der Waals surface area contributed by atoms with Crippen molar-refractivity contribution in [3.63, 3.8) is 0 Å². The van der Waals surface area contributed by atoms with Gasteiger partial charge in [0, 0.05) is 19.3 Å². The number of aromatic nitrogens is 1. The van der Waals surface area contributed by atoms with E-state index < -0.39 is 10.0 Å². The average molecular weight is 312 g/mol. The Morgan fingerprint density at radius 1 is 1.43 bits per heavy atom. The van der Waals surface area contributed by atoms with Gasteiger partial charge in [0.05, 0.1) is 25.1 Å². The Balaban J connectivity index is 1.56. The smallest absolute Gasteiger partial charge is 0.214 e. The summed E-state index contributed by atoms with van der Waals surface area (Å²) in [6.07, 6.45) is 4.79. The van der Waals surface area contributed by atoms with E-state index in [9.17, 15) is 8.42 Å². The van der Waals surface area contributed by atoms with E-state index in [4.69, 9.17) is 9.47 Å². The zero-order chi connectivity index (χ0) is 14.7. The standard InChI is InChI=1S/C14H20N2O4S/c17-21(18,11-12-4-7-19-10-12)16-6-3-14(9-16)20-13-2-1-5-15-8-13/h1-2,5,8,12,14H,3-4,6-7,9-11H2. The molecule has 2 unspecified atom stereocenters. The number of rotatable bonds is 5. The fourth-order valence-corrected chi connectivity index (χ4v) is 4.62. The Morgan fingerprint density at radius 2 is 2.33 bits per heavy atom. The van der Waals surface area contributed by atoms with Crippen LogP contribution in [0.4, 0.5) is 0 Å². The highest BCUT2D eigenvalue weighted by molar-refractivity contribution is 7.89. The molecule has 116 valence electrons. The predicted molar refractivity (Wildman–Crippen MR) is 77.6 cm³/mol. The van der Waals surface area contributed by atoms with Crippen LogP contribution in [0.2, 0.25) is 0 Å². The minimum absolute atomic E-state index is 0.0937. The van der Waals surface area contributed by atoms with Gasteiger partial charge < -0.3 is 9.47 Å². The van der Waals surface area contributed by atoms with Crippen molar-refractivity contribution in [1.29, 1.82) is 0 Å². The Hall–Kier alpha value is -1.18. The van der Waals surface area contributed by atoms with Gasteiger partial charge in [-0.1, -0.05) is 0 Å². The molecule has 0 amide bonds. The van der Waals surface area contributed by atoms with Gasteiger partial charge in [0.15, 0.2) is 0 Å². The van der Waals surface area contributed by atoms with E-state index in [1.165, 1.54) is 0 Å². The van der Waals surface area contributed by atoms with E-state index in [-0.39, 0.29) is 17.8 Å². The van der Waals surface area contributed by atoms with Crippen LogP contribution in [0, 0.1) is 5.92 Å². The fraction of sp³-hybridized carbons (Fsp3) is 0.643. The van der Waals surface area contributed by atoms with Gasteiger partial charge in [0.2, 0.25) is 10.0 Å². The van der Waals surface area contributed by atoms with Crippen molar-refractivity contribution in [3.8, 4) is 5.75 Å². The lowest BCUT2D eigenvalue weighted by Gasteiger charge is -2.18. The zero-order valence-electron chi connectivity index (χ0n) is 11.8. The van der Waals surface area contributed by atoms with Gasteiger partial charge in [-0.3, -0.25) is 4.98 Å². The number of hydrogen-bond donors (Lipinski definition) is 0. The largest absolute Gasteiger partial charge is 0.487 e. The molecule has 3 rings (SSSR count). The second-order valence-electron chi connectivity index (χ2n) is 5.58. The molecule has 2 aliphatic heterocycles. The summed E-state index contributed by atoms with van der Waals surface area (Å²) in [7, 11) is -3.21. The summed E-state index contributed by atoms with van der Waals surface area (Å²) < 4.78 is 37.4. The second-order valence-corrected chi connectivity index (χ2v) is 7.60. The Morgan fingerprint density at radius 3 is 3.05 bits per heavy atom. The number of hydrogen-bond acceptors (Lipinski definition) is 5. The molecule has 21 heavy (non-hydrogen) atoms. The van der Waals surface area contributed by atoms with Crippen molar-refractivity contribution in [2.75, 3.05) is 32.1 Å². The molecule has 3 heterocycles. The van der Waals surface area contributed by atoms with E-state index in [0.717, 1.165) is 12.8 Å². The first-order chi connectivity index (χ1) is 10.1. The molecule has 0 bridgehead atoms. The molecular formula is C14H20N2O4S. The third-order valence-corrected chi connectivity index (χ3v) is 5.92. The van der Waals surface area contributed by atoms with Crippen LogP contribution in [0.1, 0.15) is 12.8 Å². The lowest BCUT2D eigenvalue weighted by atomic mass is 10.2. The molecule has 1 aromatic heterocycles. The molecule has 2 aliphatic rings. The third-order valence-electron chi connectivity index (χ3n) is 3.91. The van der Waals surface area contributed by atoms with Crippen LogP contribution in [0.5, 0.6) is 5.75 Å². The number of sulfonamides is 1. The summed E-state index contributed by atoms with van der Waals surface area (Å²) in [5.41, 5.74) is 0. The van der Waals surface area contributed by atoms with Gasteiger partial charge in [0.25, 0.3) is 0 Å². The van der Waals surface area contributed by atoms with E-state index in [1.54, 1.807) is 22.8 Å². The van der Waals surface area contributed by atoms with Crippen LogP contribution >= 0.6 is 0 Å². The molecule has 2 atom stereocenters. The Bertz CT molecular complexity index is 558. The number of ether oxygens (including phenoxy) is 2. The van der Waals surface area contributed by atoms with Crippen LogP contribution < -0.4 is 4.74 Å². The molecule has 0 N–H and O–H groups in total. The zero-order valence-corrected chi connectivity index (χ0v) is 12.7. The normalized spacial score (nSPS) is 27.0. The average Bonchev–Trinajstić information content (AvgIpc) is 3.11. The molecule has 0 radical (unpaired) electrons. The van der Waals surface area contributed by atoms with E-state index in [2.05, 4.69) is 4.98 Å². The summed E-state index contributed by atoms with van der Waals surface area (Å²) in [6.45, 7) is 2.18. The highest BCUT2D eigenvalue weighted by Crippen LogP contribution is 2.22. The molecule has 2 saturated heterocycles. The lowest BCUT2D eigenvalue weighted by molar-refractivity contribution is 0.188. The number of nitrogens with zero attached hydrogens (tertiary/aromatic N) is 2. The predicted octanol–water partition coefficient (Wildman–Crippen LogP) is 0.901. The SMILES string of the molecule is O=S(=O)(CC1CCOC1)N1CCC(Oc2cccnc2)C1. The molecule has 0 aromatic carbocycles. The number of pyridine rings is 1. The van der Waals surface area contributed by atoms with Crippen molar-refractivity contribution in [1.82, 2.24) is 9.29 Å². The van der Waals surface area contributed by atoms with Crippen LogP contribution in [0.25, 0.3) is 0 Å². The summed E-state index contributed by atoms with van der Waals surface area (Å²) in [4.78, 5) is 3.99. The van der Waals surface area contributed by atoms with Crippen LogP contribution in [-0.2, 0) is 14.8 Å². The third kappa shape index (κ3) is 3.72. The topological polar surface area (TPSA) is 68.7 Å². The quantitative estimate of drug-likeness (QED) is 0.808. The molecule has 1 aromatic rings. The van der Waals surface area contributed by atoms with Crippen LogP contribution in [0.15, 0.2) is 24.5 Å². The minimum atomic E-state index is -3.21. The molecule has 0 spiro atoms. The molecule has 0 aliphatic carbocycles. The van der Waals surface area contributed by atoms with Crippen molar-refractivity contribution in [2.24, 2.45) is 5.92 Å². The van der Waals surface area contributed by atoms with E-state index >= 15 is 0 Å². The molecule has 6 nitrogen and oxygen atoms in total. The summed E-state index contributed by atoms with van der Waals surface area (Å²) in [5, 5.41) is 0. The first-order valence-corrected chi connectivity index (χ1v) is 8.87. The highest BCUT2D eigenvalue weighted by Gasteiger charge is 2.34. The van der Waals surface area contributed by atoms with Gasteiger partial charge in [-0.15, -0.1) is 0 Å². The maximum Gasteiger partial charge on any atom is 0.214 e. The Labute approximate surface area is 125 Å². The van der Waals surface area contributed by atoms with Gasteiger partial charge in [-0.05, 0) is 30.9 Å². The van der Waals surface area contributed by atoms with Crippen molar-refractivity contribution < 1.29 is 17.9 Å². The van der Waals surface area contributed by atoms with E-state index in [0.29, 0.717) is 32.1 Å². The van der Waals surface area contributed by atoms with Crippen molar-refractivity contribution in [2.45, 2.75) is 18.9 Å². The maximum absolute atomic E-state index is 12.4. The van der Waals surface area contributed by atoms with E-state index in [1.807, 2.05) is 6.07 Å². The Kier molecular flexibility index (Phi) is 4.42. The molecule has 2 fully saturated rings. The van der Waals surface area contributed by atoms with Gasteiger partial charge >= 0.3 is 0 Å². The minimum Gasteiger partial charge on any atom is -0.487 e. The first kappa shape index (κ1) is 14.7. The van der Waals surface area contributed by atoms with Crippen LogP contribution in [-0.4, -0.2) is 55.9 Å². The molecule has 0 saturated carbocycles. The first-order valence-electron chi connectivity index (χ1n) is 7.26. The van der Waals surface area contributed by atoms with Crippen molar-refractivity contribution in [3.05, 3.63) is 24.5 Å². The maximum atomic E-state index is 12.4. The van der Waals surface area contributed by atoms with Gasteiger partial charge in [0.1, 0.15) is 11.9 Å². The summed E-state index contributed by atoms with van der Waals surface area (Å²) >= 11 is 0. The highest BCUT2D eigenvalue weighted by atomic mass is 32.2. The summed E-state index contributed by atoms with van der Waals surface area (Å²) in [5.74, 6) is 1.01. The van der Waals surface area contributed by atoms with Gasteiger partial charge in [-0.2, -0.15) is 4.31 Å².